The highest BCUT2D eigenvalue weighted by Gasteiger charge is 2.55. The number of nitrogens with zero attached hydrogens (tertiary/aromatic N) is 1. The normalized spacial score (nSPS) is 46.7. The molecule has 0 spiro atoms. The molecule has 0 aromatic carbocycles. The van der Waals surface area contributed by atoms with E-state index in [-0.39, 0.29) is 23.6 Å². The Bertz CT molecular complexity index is 415. The van der Waals surface area contributed by atoms with E-state index >= 15 is 0 Å². The number of fused-ring (bicyclic) bond motifs is 3. The summed E-state index contributed by atoms with van der Waals surface area (Å²) in [5.74, 6) is -1.46. The van der Waals surface area contributed by atoms with Gasteiger partial charge in [0.25, 0.3) is 0 Å². The lowest BCUT2D eigenvalue weighted by Crippen LogP contribution is -2.44. The minimum atomic E-state index is -1.16. The second-order valence-electron chi connectivity index (χ2n) is 4.91. The van der Waals surface area contributed by atoms with Gasteiger partial charge in [0, 0.05) is 7.29 Å². The van der Waals surface area contributed by atoms with Gasteiger partial charge in [-0.15, -0.1) is 0 Å². The van der Waals surface area contributed by atoms with Crippen LogP contribution in [-0.4, -0.2) is 29.2 Å². The van der Waals surface area contributed by atoms with Crippen molar-refractivity contribution < 1.29 is 10.9 Å². The molecule has 3 rings (SSSR count). The number of carbonyl (C=O) groups is 1. The van der Waals surface area contributed by atoms with Gasteiger partial charge in [-0.1, -0.05) is 24.3 Å². The summed E-state index contributed by atoms with van der Waals surface area (Å²) in [5, 5.41) is 0. The highest BCUT2D eigenvalue weighted by molar-refractivity contribution is 5.85. The maximum absolute atomic E-state index is 12.3. The van der Waals surface area contributed by atoms with Crippen LogP contribution in [-0.2, 0) is 9.53 Å². The number of amides is 1. The standard InChI is InChI=1S/C12H15NO2/c1-12(2)7-15-11-9-6-4-3-5-8(9)10(14)13(11)12/h3-6,8-9,11H,7H2,1-2H3/t8-,9+,11+/m1/s1/i8D. The monoisotopic (exact) mass is 206 g/mol. The molecule has 3 aliphatic rings. The smallest absolute Gasteiger partial charge is 0.232 e. The SMILES string of the molecule is [2H][C@@]12C=CC=C[C@@H]1[C@@H]1OCC(C)(C)N1C2=O. The number of rotatable bonds is 0. The largest absolute Gasteiger partial charge is 0.355 e. The molecule has 0 radical (unpaired) electrons. The van der Waals surface area contributed by atoms with E-state index in [1.807, 2.05) is 26.0 Å². The molecular formula is C12H15NO2. The van der Waals surface area contributed by atoms with E-state index in [4.69, 9.17) is 6.11 Å². The molecule has 2 fully saturated rings. The Hall–Kier alpha value is -1.09. The van der Waals surface area contributed by atoms with Crippen LogP contribution in [0.25, 0.3) is 0 Å². The van der Waals surface area contributed by atoms with Gasteiger partial charge in [0.2, 0.25) is 5.91 Å². The molecular weight excluding hydrogens is 190 g/mol. The van der Waals surface area contributed by atoms with Crippen molar-refractivity contribution in [1.82, 2.24) is 4.90 Å². The Morgan fingerprint density at radius 3 is 3.07 bits per heavy atom. The van der Waals surface area contributed by atoms with Gasteiger partial charge in [0.05, 0.1) is 18.0 Å². The Morgan fingerprint density at radius 1 is 1.53 bits per heavy atom. The van der Waals surface area contributed by atoms with Crippen LogP contribution in [0.5, 0.6) is 0 Å². The average molecular weight is 206 g/mol. The fourth-order valence-corrected chi connectivity index (χ4v) is 2.59. The molecule has 15 heavy (non-hydrogen) atoms. The molecule has 0 unspecified atom stereocenters. The van der Waals surface area contributed by atoms with Crippen molar-refractivity contribution in [1.29, 1.82) is 0 Å². The van der Waals surface area contributed by atoms with Gasteiger partial charge in [-0.05, 0) is 13.8 Å². The maximum atomic E-state index is 12.3. The van der Waals surface area contributed by atoms with E-state index in [9.17, 15) is 4.79 Å². The van der Waals surface area contributed by atoms with Crippen LogP contribution < -0.4 is 0 Å². The van der Waals surface area contributed by atoms with Crippen LogP contribution in [0, 0.1) is 11.8 Å². The molecule has 0 bridgehead atoms. The Labute approximate surface area is 90.8 Å². The van der Waals surface area contributed by atoms with Crippen molar-refractivity contribution in [3.05, 3.63) is 24.3 Å². The lowest BCUT2D eigenvalue weighted by atomic mass is 9.90. The molecule has 3 heteroatoms. The van der Waals surface area contributed by atoms with Gasteiger partial charge >= 0.3 is 0 Å². The van der Waals surface area contributed by atoms with Crippen molar-refractivity contribution in [2.75, 3.05) is 6.61 Å². The summed E-state index contributed by atoms with van der Waals surface area (Å²) >= 11 is 0. The molecule has 0 aromatic heterocycles. The quantitative estimate of drug-likeness (QED) is 0.598. The molecule has 3 atom stereocenters. The minimum absolute atomic E-state index is 0.134. The fourth-order valence-electron chi connectivity index (χ4n) is 2.59. The zero-order chi connectivity index (χ0) is 11.6. The van der Waals surface area contributed by atoms with Crippen LogP contribution in [0.15, 0.2) is 24.3 Å². The van der Waals surface area contributed by atoms with Crippen LogP contribution in [0.2, 0.25) is 0 Å². The Kier molecular flexibility index (Phi) is 1.47. The van der Waals surface area contributed by atoms with E-state index in [2.05, 4.69) is 0 Å². The summed E-state index contributed by atoms with van der Waals surface area (Å²) in [5.41, 5.74) is -0.297. The van der Waals surface area contributed by atoms with E-state index in [0.29, 0.717) is 6.61 Å². The maximum Gasteiger partial charge on any atom is 0.232 e. The molecule has 1 amide bonds. The van der Waals surface area contributed by atoms with Gasteiger partial charge in [0.1, 0.15) is 6.23 Å². The predicted octanol–water partition coefficient (Wildman–Crippen LogP) is 1.32. The summed E-state index contributed by atoms with van der Waals surface area (Å²) in [6.07, 6.45) is 7.00. The van der Waals surface area contributed by atoms with E-state index in [1.165, 1.54) is 0 Å². The third kappa shape index (κ3) is 1.07. The first-order valence-electron chi connectivity index (χ1n) is 5.78. The average Bonchev–Trinajstić information content (AvgIpc) is 2.64. The summed E-state index contributed by atoms with van der Waals surface area (Å²) in [6.45, 7) is 4.52. The third-order valence-corrected chi connectivity index (χ3v) is 3.35. The van der Waals surface area contributed by atoms with Crippen LogP contribution in [0.3, 0.4) is 0 Å². The van der Waals surface area contributed by atoms with E-state index < -0.39 is 5.89 Å². The lowest BCUT2D eigenvalue weighted by Gasteiger charge is -2.28. The van der Waals surface area contributed by atoms with Gasteiger partial charge in [-0.2, -0.15) is 0 Å². The topological polar surface area (TPSA) is 29.5 Å². The van der Waals surface area contributed by atoms with Crippen molar-refractivity contribution in [2.24, 2.45) is 11.8 Å². The minimum Gasteiger partial charge on any atom is -0.355 e. The molecule has 0 N–H and O–H groups in total. The number of hydrogen-bond donors (Lipinski definition) is 0. The number of allylic oxidation sites excluding steroid dienone is 2. The zero-order valence-electron chi connectivity index (χ0n) is 9.93. The van der Waals surface area contributed by atoms with Gasteiger partial charge in [-0.3, -0.25) is 4.79 Å². The molecule has 0 aromatic rings. The van der Waals surface area contributed by atoms with Crippen molar-refractivity contribution in [3.8, 4) is 0 Å². The fraction of sp³-hybridized carbons (Fsp3) is 0.583. The van der Waals surface area contributed by atoms with Gasteiger partial charge in [0.15, 0.2) is 0 Å². The second kappa shape index (κ2) is 2.73. The summed E-state index contributed by atoms with van der Waals surface area (Å²) in [7, 11) is 0. The third-order valence-electron chi connectivity index (χ3n) is 3.35. The summed E-state index contributed by atoms with van der Waals surface area (Å²) < 4.78 is 14.0. The molecule has 3 nitrogen and oxygen atoms in total. The lowest BCUT2D eigenvalue weighted by molar-refractivity contribution is -0.134. The number of carbonyl (C=O) groups excluding carboxylic acids is 1. The van der Waals surface area contributed by atoms with Gasteiger partial charge in [-0.25, -0.2) is 0 Å². The second-order valence-corrected chi connectivity index (χ2v) is 4.91. The number of ether oxygens (including phenoxy) is 1. The Balaban J connectivity index is 2.09. The summed E-state index contributed by atoms with van der Waals surface area (Å²) in [6, 6.07) is 0. The summed E-state index contributed by atoms with van der Waals surface area (Å²) in [4.78, 5) is 14.1. The first kappa shape index (κ1) is 8.11. The predicted molar refractivity (Wildman–Crippen MR) is 55.9 cm³/mol. The highest BCUT2D eigenvalue weighted by Crippen LogP contribution is 2.43. The Morgan fingerprint density at radius 2 is 2.27 bits per heavy atom. The van der Waals surface area contributed by atoms with Crippen molar-refractivity contribution in [3.63, 3.8) is 0 Å². The van der Waals surface area contributed by atoms with Gasteiger partial charge < -0.3 is 9.64 Å². The molecule has 1 aliphatic carbocycles. The van der Waals surface area contributed by atoms with Crippen LogP contribution in [0.1, 0.15) is 15.2 Å². The highest BCUT2D eigenvalue weighted by atomic mass is 16.5. The molecule has 2 aliphatic heterocycles. The molecule has 2 saturated heterocycles. The van der Waals surface area contributed by atoms with E-state index in [0.717, 1.165) is 0 Å². The molecule has 80 valence electrons. The number of hydrogen-bond acceptors (Lipinski definition) is 2. The van der Waals surface area contributed by atoms with Crippen molar-refractivity contribution in [2.45, 2.75) is 25.6 Å². The zero-order valence-corrected chi connectivity index (χ0v) is 8.93. The molecule has 0 saturated carbocycles. The first-order chi connectivity index (χ1) is 7.47. The van der Waals surface area contributed by atoms with Crippen LogP contribution >= 0.6 is 0 Å². The van der Waals surface area contributed by atoms with Crippen LogP contribution in [0.4, 0.5) is 0 Å². The van der Waals surface area contributed by atoms with Crippen molar-refractivity contribution >= 4 is 5.91 Å². The van der Waals surface area contributed by atoms with E-state index in [1.54, 1.807) is 17.1 Å². The molecule has 2 heterocycles. The first-order valence-corrected chi connectivity index (χ1v) is 5.28.